The van der Waals surface area contributed by atoms with Crippen LogP contribution in [-0.2, 0) is 10.8 Å². The van der Waals surface area contributed by atoms with Crippen molar-refractivity contribution in [3.63, 3.8) is 0 Å². The van der Waals surface area contributed by atoms with E-state index in [0.29, 0.717) is 0 Å². The highest BCUT2D eigenvalue weighted by Gasteiger charge is 2.57. The summed E-state index contributed by atoms with van der Waals surface area (Å²) in [6.07, 6.45) is 0. The molecule has 3 heterocycles. The number of benzene rings is 5. The van der Waals surface area contributed by atoms with Crippen LogP contribution in [0.4, 0.5) is 0 Å². The van der Waals surface area contributed by atoms with Crippen LogP contribution in [0.3, 0.4) is 0 Å². The van der Waals surface area contributed by atoms with Crippen LogP contribution in [0.5, 0.6) is 0 Å². The van der Waals surface area contributed by atoms with E-state index in [0.717, 1.165) is 43.9 Å². The van der Waals surface area contributed by atoms with Crippen LogP contribution in [0.2, 0.25) is 5.02 Å². The minimum absolute atomic E-state index is 0.00115. The number of hydrogen-bond donors (Lipinski definition) is 0. The minimum Gasteiger partial charge on any atom is -0.278 e. The van der Waals surface area contributed by atoms with Crippen LogP contribution in [0.15, 0.2) is 84.9 Å². The first-order valence-corrected chi connectivity index (χ1v) is 16.2. The summed E-state index contributed by atoms with van der Waals surface area (Å²) in [5.74, 6) is 0.875. The molecule has 3 nitrogen and oxygen atoms in total. The lowest BCUT2D eigenvalue weighted by Crippen LogP contribution is -2.42. The van der Waals surface area contributed by atoms with Gasteiger partial charge in [-0.25, -0.2) is 4.98 Å². The molecule has 0 bridgehead atoms. The molecule has 9 rings (SSSR count). The first-order chi connectivity index (χ1) is 20.5. The Bertz CT molecular complexity index is 2500. The Morgan fingerprint density at radius 2 is 1.37 bits per heavy atom. The second kappa shape index (κ2) is 7.99. The van der Waals surface area contributed by atoms with Crippen molar-refractivity contribution in [2.75, 3.05) is 0 Å². The average Bonchev–Trinajstić information content (AvgIpc) is 3.58. The molecule has 43 heavy (non-hydrogen) atoms. The maximum Gasteiger partial charge on any atom is 0.220 e. The van der Waals surface area contributed by atoms with Gasteiger partial charge in [0, 0.05) is 25.6 Å². The highest BCUT2D eigenvalue weighted by Crippen LogP contribution is 2.62. The summed E-state index contributed by atoms with van der Waals surface area (Å²) in [7, 11) is 0. The number of thiophene rings is 1. The van der Waals surface area contributed by atoms with Crippen LogP contribution in [0.1, 0.15) is 52.7 Å². The molecule has 212 valence electrons. The van der Waals surface area contributed by atoms with Crippen molar-refractivity contribution >= 4 is 81.7 Å². The lowest BCUT2D eigenvalue weighted by molar-refractivity contribution is 0.125. The van der Waals surface area contributed by atoms with E-state index < -0.39 is 0 Å². The summed E-state index contributed by atoms with van der Waals surface area (Å²) in [6.45, 7) is 14.4. The summed E-state index contributed by atoms with van der Waals surface area (Å²) < 4.78 is 7.10. The maximum atomic E-state index is 7.44. The molecule has 1 aliphatic rings. The van der Waals surface area contributed by atoms with E-state index in [2.05, 4.69) is 135 Å². The first kappa shape index (κ1) is 25.6. The van der Waals surface area contributed by atoms with Crippen LogP contribution >= 0.6 is 22.9 Å². The molecule has 5 aromatic carbocycles. The van der Waals surface area contributed by atoms with Gasteiger partial charge in [-0.15, -0.1) is 11.3 Å². The molecule has 8 aromatic rings. The smallest absolute Gasteiger partial charge is 0.220 e. The van der Waals surface area contributed by atoms with Gasteiger partial charge >= 0.3 is 0 Å². The molecule has 0 unspecified atom stereocenters. The molecule has 0 N–H and O–H groups in total. The van der Waals surface area contributed by atoms with E-state index in [-0.39, 0.29) is 16.2 Å². The van der Waals surface area contributed by atoms with E-state index >= 15 is 0 Å². The number of rotatable bonds is 1. The van der Waals surface area contributed by atoms with Crippen molar-refractivity contribution in [2.24, 2.45) is 5.41 Å². The van der Waals surface area contributed by atoms with Crippen molar-refractivity contribution in [3.05, 3.63) is 101 Å². The number of imidazole rings is 1. The van der Waals surface area contributed by atoms with Gasteiger partial charge < -0.3 is 0 Å². The predicted molar refractivity (Wildman–Crippen MR) is 185 cm³/mol. The molecule has 5 heteroatoms. The van der Waals surface area contributed by atoms with Gasteiger partial charge in [-0.05, 0) is 75.2 Å². The minimum atomic E-state index is -0.00262. The lowest BCUT2D eigenvalue weighted by Gasteiger charge is -2.44. The van der Waals surface area contributed by atoms with Crippen LogP contribution < -0.4 is 0 Å². The Morgan fingerprint density at radius 3 is 2.14 bits per heavy atom. The number of aromatic nitrogens is 3. The Hall–Kier alpha value is -3.86. The normalized spacial score (nSPS) is 17.3. The van der Waals surface area contributed by atoms with Crippen LogP contribution in [0.25, 0.3) is 64.5 Å². The van der Waals surface area contributed by atoms with Crippen LogP contribution in [-0.4, -0.2) is 14.0 Å². The third-order valence-electron chi connectivity index (χ3n) is 11.5. The molecule has 0 aliphatic heterocycles. The van der Waals surface area contributed by atoms with Crippen LogP contribution in [0, 0.1) is 5.41 Å². The van der Waals surface area contributed by atoms with E-state index in [4.69, 9.17) is 16.6 Å². The number of hydrogen-bond acceptors (Lipinski definition) is 2. The van der Waals surface area contributed by atoms with Crippen molar-refractivity contribution in [2.45, 2.75) is 52.4 Å². The third-order valence-corrected chi connectivity index (χ3v) is 13.0. The number of halogens is 1. The Labute approximate surface area is 259 Å². The Morgan fingerprint density at radius 1 is 0.674 bits per heavy atom. The van der Waals surface area contributed by atoms with Crippen molar-refractivity contribution in [1.82, 2.24) is 14.0 Å². The highest BCUT2D eigenvalue weighted by molar-refractivity contribution is 7.26. The molecule has 0 amide bonds. The van der Waals surface area contributed by atoms with Gasteiger partial charge in [-0.2, -0.15) is 0 Å². The quantitative estimate of drug-likeness (QED) is 0.184. The van der Waals surface area contributed by atoms with Gasteiger partial charge in [0.1, 0.15) is 0 Å². The largest absolute Gasteiger partial charge is 0.278 e. The fourth-order valence-corrected chi connectivity index (χ4v) is 9.46. The zero-order valence-electron chi connectivity index (χ0n) is 25.2. The summed E-state index contributed by atoms with van der Waals surface area (Å²) in [4.78, 5) is 5.44. The van der Waals surface area contributed by atoms with Crippen molar-refractivity contribution in [1.29, 1.82) is 0 Å². The molecule has 0 fully saturated rings. The van der Waals surface area contributed by atoms with Gasteiger partial charge in [0.05, 0.1) is 32.8 Å². The number of fused-ring (bicyclic) bond motifs is 8. The number of nitrogens with zero attached hydrogens (tertiary/aromatic N) is 3. The molecule has 0 radical (unpaired) electrons. The van der Waals surface area contributed by atoms with Gasteiger partial charge in [-0.1, -0.05) is 95.6 Å². The molecule has 0 saturated heterocycles. The highest BCUT2D eigenvalue weighted by atomic mass is 35.5. The van der Waals surface area contributed by atoms with E-state index in [1.54, 1.807) is 11.3 Å². The fraction of sp³-hybridized carbons (Fsp3) is 0.237. The second-order valence-corrected chi connectivity index (χ2v) is 15.3. The second-order valence-electron chi connectivity index (χ2n) is 13.9. The van der Waals surface area contributed by atoms with E-state index in [1.807, 2.05) is 0 Å². The molecule has 0 saturated carbocycles. The first-order valence-electron chi connectivity index (χ1n) is 15.0. The zero-order valence-corrected chi connectivity index (χ0v) is 26.8. The molecule has 0 spiro atoms. The van der Waals surface area contributed by atoms with Gasteiger partial charge in [0.15, 0.2) is 0 Å². The fourth-order valence-electron chi connectivity index (χ4n) is 7.94. The SMILES string of the molecule is CC1(C)c2cc3nc4n(-c5ccc6sc7ccccc7c6c5Cl)c5cccc6cccc(c65)n4c3cc2C(C)(C)C1(C)C. The Balaban J connectivity index is 1.48. The molecular weight excluding hydrogens is 566 g/mol. The van der Waals surface area contributed by atoms with Crippen molar-refractivity contribution < 1.29 is 0 Å². The third kappa shape index (κ3) is 2.94. The topological polar surface area (TPSA) is 22.2 Å². The van der Waals surface area contributed by atoms with Gasteiger partial charge in [-0.3, -0.25) is 8.97 Å². The molecule has 3 aromatic heterocycles. The standard InChI is InChI=1S/C38H32ClN3S/c1-36(2)23-19-25-29(20-24(23)37(3,4)38(36,5)6)42-27-15-10-12-21-11-9-14-26(32(21)27)41(35(42)40-25)28-17-18-31-33(34(28)39)22-13-7-8-16-30(22)43-31/h7-20H,1-6H3. The zero-order chi connectivity index (χ0) is 29.6. The summed E-state index contributed by atoms with van der Waals surface area (Å²) >= 11 is 9.23. The average molecular weight is 598 g/mol. The molecule has 1 aliphatic carbocycles. The predicted octanol–water partition coefficient (Wildman–Crippen LogP) is 11.2. The lowest BCUT2D eigenvalue weighted by atomic mass is 9.59. The molecule has 0 atom stereocenters. The van der Waals surface area contributed by atoms with Crippen molar-refractivity contribution in [3.8, 4) is 5.69 Å². The van der Waals surface area contributed by atoms with Gasteiger partial charge in [0.2, 0.25) is 5.78 Å². The summed E-state index contributed by atoms with van der Waals surface area (Å²) in [5, 5.41) is 5.48. The van der Waals surface area contributed by atoms with E-state index in [9.17, 15) is 0 Å². The monoisotopic (exact) mass is 597 g/mol. The molecular formula is C38H32ClN3S. The summed E-state index contributed by atoms with van der Waals surface area (Å²) in [6, 6.07) is 30.9. The van der Waals surface area contributed by atoms with Gasteiger partial charge in [0.25, 0.3) is 0 Å². The maximum absolute atomic E-state index is 7.44. The van der Waals surface area contributed by atoms with E-state index in [1.165, 1.54) is 36.7 Å². The summed E-state index contributed by atoms with van der Waals surface area (Å²) in [5.41, 5.74) is 8.26. The Kier molecular flexibility index (Phi) is 4.76.